The van der Waals surface area contributed by atoms with Gasteiger partial charge in [-0.2, -0.15) is 4.98 Å². The molecular weight excluding hydrogens is 346 g/mol. The molecule has 7 heteroatoms. The molecule has 0 aliphatic heterocycles. The molecule has 3 aromatic rings. The Labute approximate surface area is 158 Å². The Morgan fingerprint density at radius 2 is 1.78 bits per heavy atom. The Bertz CT molecular complexity index is 892. The summed E-state index contributed by atoms with van der Waals surface area (Å²) < 4.78 is 22.0. The van der Waals surface area contributed by atoms with E-state index in [1.165, 1.54) is 0 Å². The molecule has 27 heavy (non-hydrogen) atoms. The van der Waals surface area contributed by atoms with E-state index in [-0.39, 0.29) is 0 Å². The van der Waals surface area contributed by atoms with E-state index in [9.17, 15) is 0 Å². The van der Waals surface area contributed by atoms with Gasteiger partial charge in [-0.15, -0.1) is 0 Å². The molecule has 0 saturated heterocycles. The second kappa shape index (κ2) is 8.55. The fraction of sp³-hybridized carbons (Fsp3) is 0.300. The van der Waals surface area contributed by atoms with Crippen LogP contribution in [0, 0.1) is 0 Å². The molecule has 2 aromatic carbocycles. The van der Waals surface area contributed by atoms with Crippen molar-refractivity contribution in [1.29, 1.82) is 0 Å². The second-order valence-electron chi connectivity index (χ2n) is 6.14. The van der Waals surface area contributed by atoms with Gasteiger partial charge in [0.1, 0.15) is 23.9 Å². The van der Waals surface area contributed by atoms with Gasteiger partial charge < -0.3 is 23.6 Å². The maximum absolute atomic E-state index is 5.88. The molecule has 7 nitrogen and oxygen atoms in total. The van der Waals surface area contributed by atoms with Gasteiger partial charge in [0.15, 0.2) is 0 Å². The van der Waals surface area contributed by atoms with Crippen LogP contribution in [0.5, 0.6) is 17.2 Å². The van der Waals surface area contributed by atoms with Crippen molar-refractivity contribution in [3.05, 3.63) is 42.5 Å². The second-order valence-corrected chi connectivity index (χ2v) is 6.14. The maximum atomic E-state index is 5.88. The fourth-order valence-corrected chi connectivity index (χ4v) is 2.53. The summed E-state index contributed by atoms with van der Waals surface area (Å²) in [5.41, 5.74) is 1.47. The molecule has 0 fully saturated rings. The molecule has 0 radical (unpaired) electrons. The molecule has 1 aromatic heterocycles. The minimum absolute atomic E-state index is 0.392. The van der Waals surface area contributed by atoms with Crippen LogP contribution in [0.4, 0.5) is 0 Å². The molecule has 0 atom stereocenters. The molecule has 0 aliphatic rings. The predicted octanol–water partition coefficient (Wildman–Crippen LogP) is 3.36. The number of nitrogens with zero attached hydrogens (tertiary/aromatic N) is 3. The lowest BCUT2D eigenvalue weighted by molar-refractivity contribution is 0.261. The number of likely N-dealkylation sites (N-methyl/N-ethyl adjacent to an activating group) is 1. The lowest BCUT2D eigenvalue weighted by atomic mass is 10.1. The lowest BCUT2D eigenvalue weighted by Crippen LogP contribution is -2.19. The largest absolute Gasteiger partial charge is 0.497 e. The van der Waals surface area contributed by atoms with Crippen LogP contribution in [0.2, 0.25) is 0 Å². The topological polar surface area (TPSA) is 69.9 Å². The van der Waals surface area contributed by atoms with Gasteiger partial charge in [0.05, 0.1) is 25.3 Å². The van der Waals surface area contributed by atoms with Crippen LogP contribution in [0.3, 0.4) is 0 Å². The number of hydrogen-bond acceptors (Lipinski definition) is 7. The van der Waals surface area contributed by atoms with E-state index in [2.05, 4.69) is 15.0 Å². The summed E-state index contributed by atoms with van der Waals surface area (Å²) in [7, 11) is 7.20. The first-order valence-electron chi connectivity index (χ1n) is 8.55. The van der Waals surface area contributed by atoms with Gasteiger partial charge in [0.25, 0.3) is 5.89 Å². The van der Waals surface area contributed by atoms with E-state index < -0.39 is 0 Å². The standard InChI is InChI=1S/C20H23N3O4/c1-23(2)11-12-26-17-8-6-5-7-16(17)20-21-19(22-27-20)15-10-9-14(24-3)13-18(15)25-4/h5-10,13H,11-12H2,1-4H3. The molecular formula is C20H23N3O4. The highest BCUT2D eigenvalue weighted by atomic mass is 16.5. The zero-order valence-corrected chi connectivity index (χ0v) is 15.9. The number of benzene rings is 2. The highest BCUT2D eigenvalue weighted by molar-refractivity contribution is 5.69. The third-order valence-electron chi connectivity index (χ3n) is 3.99. The van der Waals surface area contributed by atoms with Crippen molar-refractivity contribution < 1.29 is 18.7 Å². The van der Waals surface area contributed by atoms with Crippen LogP contribution in [0.15, 0.2) is 47.0 Å². The molecule has 3 rings (SSSR count). The van der Waals surface area contributed by atoms with Gasteiger partial charge in [-0.1, -0.05) is 17.3 Å². The van der Waals surface area contributed by atoms with Crippen LogP contribution in [0.25, 0.3) is 22.8 Å². The first-order valence-corrected chi connectivity index (χ1v) is 8.55. The number of para-hydroxylation sites is 1. The van der Waals surface area contributed by atoms with Gasteiger partial charge in [-0.25, -0.2) is 0 Å². The zero-order valence-electron chi connectivity index (χ0n) is 15.9. The highest BCUT2D eigenvalue weighted by Gasteiger charge is 2.17. The van der Waals surface area contributed by atoms with Gasteiger partial charge in [-0.05, 0) is 38.4 Å². The predicted molar refractivity (Wildman–Crippen MR) is 102 cm³/mol. The minimum Gasteiger partial charge on any atom is -0.497 e. The average molecular weight is 369 g/mol. The number of ether oxygens (including phenoxy) is 3. The van der Waals surface area contributed by atoms with E-state index in [1.54, 1.807) is 20.3 Å². The van der Waals surface area contributed by atoms with Crippen LogP contribution < -0.4 is 14.2 Å². The Kier molecular flexibility index (Phi) is 5.93. The molecule has 0 aliphatic carbocycles. The van der Waals surface area contributed by atoms with Gasteiger partial charge in [0.2, 0.25) is 5.82 Å². The Morgan fingerprint density at radius 3 is 2.52 bits per heavy atom. The summed E-state index contributed by atoms with van der Waals surface area (Å²) in [5.74, 6) is 2.84. The van der Waals surface area contributed by atoms with Crippen molar-refractivity contribution in [1.82, 2.24) is 15.0 Å². The van der Waals surface area contributed by atoms with Gasteiger partial charge >= 0.3 is 0 Å². The quantitative estimate of drug-likeness (QED) is 0.603. The Balaban J connectivity index is 1.89. The molecule has 0 spiro atoms. The fourth-order valence-electron chi connectivity index (χ4n) is 2.53. The first-order chi connectivity index (χ1) is 13.1. The SMILES string of the molecule is COc1ccc(-c2noc(-c3ccccc3OCCN(C)C)n2)c(OC)c1. The molecule has 0 bridgehead atoms. The minimum atomic E-state index is 0.392. The summed E-state index contributed by atoms with van der Waals surface area (Å²) in [6, 6.07) is 13.1. The molecule has 0 saturated carbocycles. The number of aromatic nitrogens is 2. The molecule has 1 heterocycles. The zero-order chi connectivity index (χ0) is 19.2. The highest BCUT2D eigenvalue weighted by Crippen LogP contribution is 2.34. The summed E-state index contributed by atoms with van der Waals surface area (Å²) in [5, 5.41) is 4.11. The van der Waals surface area contributed by atoms with Crippen molar-refractivity contribution in [3.63, 3.8) is 0 Å². The summed E-state index contributed by atoms with van der Waals surface area (Å²) in [6.07, 6.45) is 0. The first kappa shape index (κ1) is 18.7. The van der Waals surface area contributed by atoms with Crippen molar-refractivity contribution >= 4 is 0 Å². The summed E-state index contributed by atoms with van der Waals surface area (Å²) in [4.78, 5) is 6.59. The average Bonchev–Trinajstić information content (AvgIpc) is 3.17. The molecule has 0 unspecified atom stereocenters. The van der Waals surface area contributed by atoms with Crippen molar-refractivity contribution in [2.75, 3.05) is 41.5 Å². The van der Waals surface area contributed by atoms with E-state index >= 15 is 0 Å². The summed E-state index contributed by atoms with van der Waals surface area (Å²) in [6.45, 7) is 1.38. The molecule has 142 valence electrons. The number of hydrogen-bond donors (Lipinski definition) is 0. The van der Waals surface area contributed by atoms with Crippen LogP contribution in [-0.2, 0) is 0 Å². The third-order valence-corrected chi connectivity index (χ3v) is 3.99. The maximum Gasteiger partial charge on any atom is 0.262 e. The molecule has 0 amide bonds. The van der Waals surface area contributed by atoms with Crippen LogP contribution in [0.1, 0.15) is 0 Å². The monoisotopic (exact) mass is 369 g/mol. The number of methoxy groups -OCH3 is 2. The van der Waals surface area contributed by atoms with Crippen molar-refractivity contribution in [3.8, 4) is 40.1 Å². The van der Waals surface area contributed by atoms with Gasteiger partial charge in [0, 0.05) is 12.6 Å². The third kappa shape index (κ3) is 4.38. The molecule has 0 N–H and O–H groups in total. The number of rotatable bonds is 8. The van der Waals surface area contributed by atoms with Crippen LogP contribution in [-0.4, -0.2) is 56.5 Å². The van der Waals surface area contributed by atoms with Crippen molar-refractivity contribution in [2.24, 2.45) is 0 Å². The van der Waals surface area contributed by atoms with E-state index in [0.717, 1.165) is 17.7 Å². The van der Waals surface area contributed by atoms with E-state index in [0.29, 0.717) is 35.6 Å². The van der Waals surface area contributed by atoms with E-state index in [1.807, 2.05) is 50.5 Å². The Morgan fingerprint density at radius 1 is 0.963 bits per heavy atom. The lowest BCUT2D eigenvalue weighted by Gasteiger charge is -2.12. The smallest absolute Gasteiger partial charge is 0.262 e. The summed E-state index contributed by atoms with van der Waals surface area (Å²) >= 11 is 0. The van der Waals surface area contributed by atoms with Crippen molar-refractivity contribution in [2.45, 2.75) is 0 Å². The van der Waals surface area contributed by atoms with Crippen LogP contribution >= 0.6 is 0 Å². The normalized spacial score (nSPS) is 10.9. The van der Waals surface area contributed by atoms with Gasteiger partial charge in [-0.3, -0.25) is 0 Å². The Hall–Kier alpha value is -3.06. The van der Waals surface area contributed by atoms with E-state index in [4.69, 9.17) is 18.7 Å².